The van der Waals surface area contributed by atoms with Crippen LogP contribution in [0.5, 0.6) is 0 Å². The van der Waals surface area contributed by atoms with E-state index in [2.05, 4.69) is 10.6 Å². The number of nitrogens with two attached hydrogens (primary N) is 1. The lowest BCUT2D eigenvalue weighted by Gasteiger charge is -2.08. The predicted molar refractivity (Wildman–Crippen MR) is 96.1 cm³/mol. The molecule has 0 aliphatic carbocycles. The zero-order valence-electron chi connectivity index (χ0n) is 14.3. The number of primary sulfonamides is 1. The molecule has 0 spiro atoms. The van der Waals surface area contributed by atoms with Gasteiger partial charge in [-0.05, 0) is 36.4 Å². The van der Waals surface area contributed by atoms with E-state index in [-0.39, 0.29) is 16.1 Å². The van der Waals surface area contributed by atoms with Gasteiger partial charge in [-0.15, -0.1) is 0 Å². The van der Waals surface area contributed by atoms with E-state index in [9.17, 15) is 27.2 Å². The van der Waals surface area contributed by atoms with Crippen LogP contribution >= 0.6 is 0 Å². The molecule has 148 valence electrons. The highest BCUT2D eigenvalue weighted by atomic mass is 32.2. The monoisotopic (exact) mass is 409 g/mol. The van der Waals surface area contributed by atoms with Gasteiger partial charge in [-0.1, -0.05) is 12.1 Å². The van der Waals surface area contributed by atoms with E-state index in [4.69, 9.17) is 9.88 Å². The van der Waals surface area contributed by atoms with E-state index in [1.165, 1.54) is 36.4 Å². The Morgan fingerprint density at radius 2 is 1.79 bits per heavy atom. The normalized spacial score (nSPS) is 10.8. The van der Waals surface area contributed by atoms with Crippen LogP contribution in [-0.2, 0) is 24.3 Å². The number of carbonyl (C=O) groups excluding carboxylic acids is 3. The molecule has 2 rings (SSSR count). The van der Waals surface area contributed by atoms with Crippen LogP contribution in [0.25, 0.3) is 0 Å². The molecule has 0 aliphatic rings. The maximum Gasteiger partial charge on any atom is 0.325 e. The molecule has 0 saturated carbocycles. The first-order valence-corrected chi connectivity index (χ1v) is 9.32. The molecule has 9 nitrogen and oxygen atoms in total. The van der Waals surface area contributed by atoms with Crippen LogP contribution < -0.4 is 15.8 Å². The van der Waals surface area contributed by atoms with Gasteiger partial charge in [0.25, 0.3) is 11.8 Å². The first-order valence-electron chi connectivity index (χ1n) is 7.77. The Morgan fingerprint density at radius 1 is 1.07 bits per heavy atom. The Morgan fingerprint density at radius 3 is 2.46 bits per heavy atom. The summed E-state index contributed by atoms with van der Waals surface area (Å²) in [7, 11) is -3.93. The van der Waals surface area contributed by atoms with Gasteiger partial charge in [0.2, 0.25) is 10.0 Å². The van der Waals surface area contributed by atoms with Gasteiger partial charge in [0.05, 0.1) is 4.90 Å². The molecule has 4 N–H and O–H groups in total. The summed E-state index contributed by atoms with van der Waals surface area (Å²) in [5, 5.41) is 9.57. The van der Waals surface area contributed by atoms with Crippen LogP contribution in [-0.4, -0.2) is 39.4 Å². The summed E-state index contributed by atoms with van der Waals surface area (Å²) in [6.45, 7) is -1.18. The van der Waals surface area contributed by atoms with Crippen LogP contribution in [0.1, 0.15) is 10.4 Å². The van der Waals surface area contributed by atoms with Crippen molar-refractivity contribution in [3.05, 3.63) is 59.9 Å². The fraction of sp³-hybridized carbons (Fsp3) is 0.118. The predicted octanol–water partition coefficient (Wildman–Crippen LogP) is 0.385. The summed E-state index contributed by atoms with van der Waals surface area (Å²) in [6, 6.07) is 10.1. The van der Waals surface area contributed by atoms with Crippen molar-refractivity contribution in [3.8, 4) is 0 Å². The van der Waals surface area contributed by atoms with Gasteiger partial charge in [0, 0.05) is 11.3 Å². The van der Waals surface area contributed by atoms with Crippen molar-refractivity contribution in [2.45, 2.75) is 4.90 Å². The molecule has 0 fully saturated rings. The average Bonchev–Trinajstić information content (AvgIpc) is 2.64. The second-order valence-corrected chi connectivity index (χ2v) is 7.04. The van der Waals surface area contributed by atoms with Gasteiger partial charge < -0.3 is 15.4 Å². The van der Waals surface area contributed by atoms with E-state index < -0.39 is 46.8 Å². The molecule has 2 aromatic rings. The van der Waals surface area contributed by atoms with Crippen LogP contribution in [0.3, 0.4) is 0 Å². The zero-order valence-corrected chi connectivity index (χ0v) is 15.2. The first-order chi connectivity index (χ1) is 13.1. The summed E-state index contributed by atoms with van der Waals surface area (Å²) in [4.78, 5) is 35.0. The van der Waals surface area contributed by atoms with Crippen molar-refractivity contribution in [3.63, 3.8) is 0 Å². The molecule has 0 atom stereocenters. The van der Waals surface area contributed by atoms with Crippen molar-refractivity contribution in [2.24, 2.45) is 5.14 Å². The molecule has 0 aromatic heterocycles. The molecule has 0 aliphatic heterocycles. The highest BCUT2D eigenvalue weighted by molar-refractivity contribution is 7.89. The molecule has 11 heteroatoms. The fourth-order valence-electron chi connectivity index (χ4n) is 2.03. The number of halogens is 1. The van der Waals surface area contributed by atoms with Gasteiger partial charge in [0.15, 0.2) is 6.61 Å². The van der Waals surface area contributed by atoms with Crippen LogP contribution in [0.2, 0.25) is 0 Å². The lowest BCUT2D eigenvalue weighted by molar-refractivity contribution is -0.146. The number of rotatable bonds is 7. The quantitative estimate of drug-likeness (QED) is 0.564. The van der Waals surface area contributed by atoms with Crippen LogP contribution in [0.15, 0.2) is 53.4 Å². The summed E-state index contributed by atoms with van der Waals surface area (Å²) in [6.07, 6.45) is 0. The lowest BCUT2D eigenvalue weighted by Crippen LogP contribution is -2.32. The number of amides is 2. The summed E-state index contributed by atoms with van der Waals surface area (Å²) < 4.78 is 40.3. The number of carbonyl (C=O) groups is 3. The molecular formula is C17H16FN3O6S. The van der Waals surface area contributed by atoms with Crippen LogP contribution in [0, 0.1) is 5.82 Å². The lowest BCUT2D eigenvalue weighted by atomic mass is 10.2. The van der Waals surface area contributed by atoms with Gasteiger partial charge in [0.1, 0.15) is 12.4 Å². The number of nitrogens with one attached hydrogen (secondary N) is 2. The Labute approximate surface area is 159 Å². The minimum Gasteiger partial charge on any atom is -0.454 e. The van der Waals surface area contributed by atoms with Crippen molar-refractivity contribution < 1.29 is 31.9 Å². The van der Waals surface area contributed by atoms with Gasteiger partial charge in [-0.25, -0.2) is 17.9 Å². The fourth-order valence-corrected chi connectivity index (χ4v) is 2.59. The topological polar surface area (TPSA) is 145 Å². The number of hydrogen-bond donors (Lipinski definition) is 3. The molecular weight excluding hydrogens is 393 g/mol. The molecule has 2 amide bonds. The van der Waals surface area contributed by atoms with E-state index in [1.54, 1.807) is 0 Å². The highest BCUT2D eigenvalue weighted by Crippen LogP contribution is 2.13. The van der Waals surface area contributed by atoms with E-state index in [1.807, 2.05) is 0 Å². The largest absolute Gasteiger partial charge is 0.454 e. The Hall–Kier alpha value is -3.31. The SMILES string of the molecule is NS(=O)(=O)c1cccc(NC(=O)COC(=O)CNC(=O)c2cccc(F)c2)c1. The number of anilines is 1. The average molecular weight is 409 g/mol. The standard InChI is InChI=1S/C17H16FN3O6S/c18-12-4-1-3-11(7-12)17(24)20-9-16(23)27-10-15(22)21-13-5-2-6-14(8-13)28(19,25)26/h1-8H,9-10H2,(H,20,24)(H,21,22)(H2,19,25,26). The molecule has 2 aromatic carbocycles. The minimum atomic E-state index is -3.93. The number of ether oxygens (including phenoxy) is 1. The van der Waals surface area contributed by atoms with Crippen molar-refractivity contribution >= 4 is 33.5 Å². The number of sulfonamides is 1. The van der Waals surface area contributed by atoms with Gasteiger partial charge in [-0.2, -0.15) is 0 Å². The van der Waals surface area contributed by atoms with Crippen LogP contribution in [0.4, 0.5) is 10.1 Å². The second kappa shape index (κ2) is 9.06. The maximum atomic E-state index is 13.0. The molecule has 0 unspecified atom stereocenters. The third-order valence-electron chi connectivity index (χ3n) is 3.29. The molecule has 0 radical (unpaired) electrons. The number of esters is 1. The van der Waals surface area contributed by atoms with E-state index >= 15 is 0 Å². The third kappa shape index (κ3) is 6.45. The third-order valence-corrected chi connectivity index (χ3v) is 4.20. The summed E-state index contributed by atoms with van der Waals surface area (Å²) in [5.41, 5.74) is 0.173. The molecule has 0 heterocycles. The first kappa shape index (κ1) is 21.0. The zero-order chi connectivity index (χ0) is 20.7. The molecule has 0 saturated heterocycles. The van der Waals surface area contributed by atoms with Crippen molar-refractivity contribution in [1.29, 1.82) is 0 Å². The summed E-state index contributed by atoms with van der Waals surface area (Å²) in [5.74, 6) is -2.89. The molecule has 28 heavy (non-hydrogen) atoms. The number of hydrogen-bond acceptors (Lipinski definition) is 6. The van der Waals surface area contributed by atoms with Crippen molar-refractivity contribution in [2.75, 3.05) is 18.5 Å². The maximum absolute atomic E-state index is 13.0. The van der Waals surface area contributed by atoms with Gasteiger partial charge in [-0.3, -0.25) is 14.4 Å². The summed E-state index contributed by atoms with van der Waals surface area (Å²) >= 11 is 0. The minimum absolute atomic E-state index is 0.0280. The molecule has 0 bridgehead atoms. The Bertz CT molecular complexity index is 1010. The van der Waals surface area contributed by atoms with E-state index in [0.29, 0.717) is 0 Å². The second-order valence-electron chi connectivity index (χ2n) is 5.47. The Balaban J connectivity index is 1.79. The number of benzene rings is 2. The van der Waals surface area contributed by atoms with E-state index in [0.717, 1.165) is 12.1 Å². The Kier molecular flexibility index (Phi) is 6.79. The smallest absolute Gasteiger partial charge is 0.325 e. The van der Waals surface area contributed by atoms with Crippen molar-refractivity contribution in [1.82, 2.24) is 5.32 Å². The van der Waals surface area contributed by atoms with Gasteiger partial charge >= 0.3 is 5.97 Å². The highest BCUT2D eigenvalue weighted by Gasteiger charge is 2.13.